The molecule has 1 aromatic rings. The molecule has 0 saturated heterocycles. The average molecular weight is 332 g/mol. The Bertz CT molecular complexity index is 460. The number of hydrogen-bond acceptors (Lipinski definition) is 5. The normalized spacial score (nSPS) is 11.1. The number of rotatable bonds is 7. The lowest BCUT2D eigenvalue weighted by molar-refractivity contribution is 0.367. The van der Waals surface area contributed by atoms with Crippen LogP contribution in [0.3, 0.4) is 0 Å². The van der Waals surface area contributed by atoms with Gasteiger partial charge in [0, 0.05) is 26.2 Å². The Hall–Kier alpha value is -0.920. The maximum absolute atomic E-state index is 12.2. The van der Waals surface area contributed by atoms with Crippen LogP contribution >= 0.6 is 15.9 Å². The first-order chi connectivity index (χ1) is 9.01. The lowest BCUT2D eigenvalue weighted by Gasteiger charge is -2.23. The van der Waals surface area contributed by atoms with Gasteiger partial charge in [-0.1, -0.05) is 0 Å². The number of likely N-dealkylation sites (N-methyl/N-ethyl adjacent to an activating group) is 2. The van der Waals surface area contributed by atoms with Gasteiger partial charge in [-0.15, -0.1) is 0 Å². The number of nitrogens with two attached hydrogens (primary N) is 1. The summed E-state index contributed by atoms with van der Waals surface area (Å²) >= 11 is 3.38. The third-order valence-corrected chi connectivity index (χ3v) is 3.59. The van der Waals surface area contributed by atoms with Crippen LogP contribution in [0, 0.1) is 0 Å². The van der Waals surface area contributed by atoms with E-state index in [4.69, 9.17) is 5.73 Å². The van der Waals surface area contributed by atoms with E-state index in [2.05, 4.69) is 21.0 Å². The molecule has 1 rings (SSSR count). The Morgan fingerprint density at radius 2 is 2.11 bits per heavy atom. The van der Waals surface area contributed by atoms with Crippen LogP contribution in [0.1, 0.15) is 6.92 Å². The highest BCUT2D eigenvalue weighted by Crippen LogP contribution is 2.20. The van der Waals surface area contributed by atoms with Gasteiger partial charge in [0.05, 0.1) is 18.4 Å². The van der Waals surface area contributed by atoms with E-state index >= 15 is 0 Å². The van der Waals surface area contributed by atoms with Gasteiger partial charge in [0.15, 0.2) is 0 Å². The van der Waals surface area contributed by atoms with Crippen molar-refractivity contribution in [1.82, 2.24) is 14.7 Å². The summed E-state index contributed by atoms with van der Waals surface area (Å²) in [6.45, 7) is 5.42. The smallest absolute Gasteiger partial charge is 0.283 e. The predicted molar refractivity (Wildman–Crippen MR) is 81.7 cm³/mol. The fourth-order valence-electron chi connectivity index (χ4n) is 1.74. The molecule has 0 aromatic carbocycles. The van der Waals surface area contributed by atoms with E-state index in [0.717, 1.165) is 18.8 Å². The molecule has 1 heterocycles. The molecule has 108 valence electrons. The van der Waals surface area contributed by atoms with Crippen molar-refractivity contribution in [2.45, 2.75) is 13.5 Å². The van der Waals surface area contributed by atoms with Crippen LogP contribution in [0.4, 0.5) is 5.69 Å². The van der Waals surface area contributed by atoms with E-state index in [0.29, 0.717) is 24.1 Å². The molecule has 0 fully saturated rings. The number of anilines is 1. The first kappa shape index (κ1) is 16.1. The van der Waals surface area contributed by atoms with Crippen LogP contribution in [0.5, 0.6) is 0 Å². The van der Waals surface area contributed by atoms with E-state index in [9.17, 15) is 4.79 Å². The molecule has 7 heteroatoms. The van der Waals surface area contributed by atoms with Crippen molar-refractivity contribution < 1.29 is 0 Å². The summed E-state index contributed by atoms with van der Waals surface area (Å²) in [5, 5.41) is 4.23. The molecule has 0 atom stereocenters. The summed E-state index contributed by atoms with van der Waals surface area (Å²) in [4.78, 5) is 16.3. The first-order valence-electron chi connectivity index (χ1n) is 6.36. The van der Waals surface area contributed by atoms with Gasteiger partial charge in [0.1, 0.15) is 4.47 Å². The molecule has 6 nitrogen and oxygen atoms in total. The molecule has 0 aliphatic heterocycles. The van der Waals surface area contributed by atoms with Gasteiger partial charge in [-0.3, -0.25) is 4.79 Å². The molecule has 0 aliphatic rings. The fourth-order valence-corrected chi connectivity index (χ4v) is 2.29. The largest absolute Gasteiger partial charge is 0.368 e. The third kappa shape index (κ3) is 4.29. The van der Waals surface area contributed by atoms with Gasteiger partial charge < -0.3 is 15.5 Å². The molecule has 0 spiro atoms. The SMILES string of the molecule is CCN(CCN)c1cnn(CCN(C)C)c(=O)c1Br. The van der Waals surface area contributed by atoms with Gasteiger partial charge in [-0.05, 0) is 36.9 Å². The standard InChI is InChI=1S/C12H22BrN5O/c1-4-17(6-5-14)10-9-15-18(8-7-16(2)3)12(19)11(10)13/h9H,4-8,14H2,1-3H3. The molecule has 0 amide bonds. The second-order valence-corrected chi connectivity index (χ2v) is 5.34. The summed E-state index contributed by atoms with van der Waals surface area (Å²) in [5.41, 5.74) is 6.28. The average Bonchev–Trinajstić information content (AvgIpc) is 2.38. The zero-order valence-electron chi connectivity index (χ0n) is 11.8. The minimum atomic E-state index is -0.102. The summed E-state index contributed by atoms with van der Waals surface area (Å²) in [7, 11) is 3.93. The van der Waals surface area contributed by atoms with Crippen molar-refractivity contribution in [3.05, 3.63) is 21.0 Å². The molecule has 0 radical (unpaired) electrons. The second kappa shape index (κ2) is 7.62. The molecule has 0 bridgehead atoms. The van der Waals surface area contributed by atoms with Crippen LogP contribution in [-0.4, -0.2) is 55.0 Å². The van der Waals surface area contributed by atoms with E-state index < -0.39 is 0 Å². The monoisotopic (exact) mass is 331 g/mol. The van der Waals surface area contributed by atoms with Crippen LogP contribution < -0.4 is 16.2 Å². The molecule has 19 heavy (non-hydrogen) atoms. The van der Waals surface area contributed by atoms with E-state index in [1.807, 2.05) is 30.8 Å². The van der Waals surface area contributed by atoms with Gasteiger partial charge in [0.25, 0.3) is 5.56 Å². The van der Waals surface area contributed by atoms with Crippen molar-refractivity contribution in [3.63, 3.8) is 0 Å². The predicted octanol–water partition coefficient (Wildman–Crippen LogP) is 0.352. The topological polar surface area (TPSA) is 67.4 Å². The van der Waals surface area contributed by atoms with Crippen molar-refractivity contribution >= 4 is 21.6 Å². The Balaban J connectivity index is 2.99. The number of aromatic nitrogens is 2. The highest BCUT2D eigenvalue weighted by Gasteiger charge is 2.13. The van der Waals surface area contributed by atoms with Crippen LogP contribution in [0.15, 0.2) is 15.5 Å². The van der Waals surface area contributed by atoms with E-state index in [-0.39, 0.29) is 5.56 Å². The van der Waals surface area contributed by atoms with Gasteiger partial charge in [-0.2, -0.15) is 5.10 Å². The number of halogens is 1. The van der Waals surface area contributed by atoms with Crippen molar-refractivity contribution in [1.29, 1.82) is 0 Å². The molecule has 2 N–H and O–H groups in total. The minimum absolute atomic E-state index is 0.102. The van der Waals surface area contributed by atoms with Crippen LogP contribution in [0.25, 0.3) is 0 Å². The highest BCUT2D eigenvalue weighted by atomic mass is 79.9. The van der Waals surface area contributed by atoms with Crippen molar-refractivity contribution in [2.75, 3.05) is 45.2 Å². The zero-order valence-corrected chi connectivity index (χ0v) is 13.4. The minimum Gasteiger partial charge on any atom is -0.368 e. The van der Waals surface area contributed by atoms with E-state index in [1.54, 1.807) is 6.20 Å². The van der Waals surface area contributed by atoms with Crippen molar-refractivity contribution in [3.8, 4) is 0 Å². The summed E-state index contributed by atoms with van der Waals surface area (Å²) in [6.07, 6.45) is 1.72. The van der Waals surface area contributed by atoms with Crippen molar-refractivity contribution in [2.24, 2.45) is 5.73 Å². The van der Waals surface area contributed by atoms with Gasteiger partial charge in [-0.25, -0.2) is 4.68 Å². The lowest BCUT2D eigenvalue weighted by Crippen LogP contribution is -2.34. The van der Waals surface area contributed by atoms with Gasteiger partial charge >= 0.3 is 0 Å². The molecule has 0 aliphatic carbocycles. The summed E-state index contributed by atoms with van der Waals surface area (Å²) in [5.74, 6) is 0. The zero-order chi connectivity index (χ0) is 14.4. The quantitative estimate of drug-likeness (QED) is 0.781. The molecular weight excluding hydrogens is 310 g/mol. The Morgan fingerprint density at radius 3 is 2.63 bits per heavy atom. The maximum atomic E-state index is 12.2. The molecule has 0 unspecified atom stereocenters. The first-order valence-corrected chi connectivity index (χ1v) is 7.15. The van der Waals surface area contributed by atoms with Crippen LogP contribution in [0.2, 0.25) is 0 Å². The molecule has 1 aromatic heterocycles. The Labute approximate surface area is 122 Å². The van der Waals surface area contributed by atoms with Gasteiger partial charge in [0.2, 0.25) is 0 Å². The Kier molecular flexibility index (Phi) is 6.47. The van der Waals surface area contributed by atoms with E-state index in [1.165, 1.54) is 4.68 Å². The summed E-state index contributed by atoms with van der Waals surface area (Å²) < 4.78 is 2.03. The molecule has 0 saturated carbocycles. The third-order valence-electron chi connectivity index (χ3n) is 2.85. The lowest BCUT2D eigenvalue weighted by atomic mass is 10.3. The Morgan fingerprint density at radius 1 is 1.42 bits per heavy atom. The maximum Gasteiger partial charge on any atom is 0.283 e. The fraction of sp³-hybridized carbons (Fsp3) is 0.667. The molecular formula is C12H22BrN5O. The summed E-state index contributed by atoms with van der Waals surface area (Å²) in [6, 6.07) is 0. The number of nitrogens with zero attached hydrogens (tertiary/aromatic N) is 4. The second-order valence-electron chi connectivity index (χ2n) is 4.54. The number of hydrogen-bond donors (Lipinski definition) is 1. The highest BCUT2D eigenvalue weighted by molar-refractivity contribution is 9.10. The van der Waals surface area contributed by atoms with Crippen LogP contribution in [-0.2, 0) is 6.54 Å².